The van der Waals surface area contributed by atoms with Crippen LogP contribution in [0.5, 0.6) is 5.75 Å². The summed E-state index contributed by atoms with van der Waals surface area (Å²) >= 11 is 0. The summed E-state index contributed by atoms with van der Waals surface area (Å²) in [5.74, 6) is -2.68. The van der Waals surface area contributed by atoms with Gasteiger partial charge in [-0.15, -0.1) is 0 Å². The standard InChI is InChI=1S/C17H15N3O4S.C2HF3O2/c1-24-14-8-6-13(7-9-14)19(12-18)10-11-20-17(21)15-4-2-3-5-16(15)25(20,22)23;3-2(4,5)1(6)7/h2-9H,10-11H2,1H3;(H,6,7). The summed E-state index contributed by atoms with van der Waals surface area (Å²) in [5.41, 5.74) is 0.750. The summed E-state index contributed by atoms with van der Waals surface area (Å²) in [5, 5.41) is 16.5. The van der Waals surface area contributed by atoms with E-state index < -0.39 is 28.1 Å². The summed E-state index contributed by atoms with van der Waals surface area (Å²) in [7, 11) is -2.32. The Kier molecular flexibility index (Phi) is 7.32. The molecule has 2 aromatic carbocycles. The molecule has 2 aromatic rings. The van der Waals surface area contributed by atoms with Crippen LogP contribution in [0.1, 0.15) is 10.4 Å². The van der Waals surface area contributed by atoms with Gasteiger partial charge >= 0.3 is 12.1 Å². The molecule has 0 saturated carbocycles. The third kappa shape index (κ3) is 5.27. The lowest BCUT2D eigenvalue weighted by Gasteiger charge is -2.20. The van der Waals surface area contributed by atoms with Crippen molar-refractivity contribution in [1.82, 2.24) is 4.31 Å². The smallest absolute Gasteiger partial charge is 0.490 e. The number of carboxylic acids is 1. The van der Waals surface area contributed by atoms with E-state index in [-0.39, 0.29) is 23.5 Å². The molecular formula is C19H16F3N3O6S. The maximum Gasteiger partial charge on any atom is 0.490 e. The molecule has 9 nitrogen and oxygen atoms in total. The summed E-state index contributed by atoms with van der Waals surface area (Å²) in [6, 6.07) is 12.9. The Labute approximate surface area is 180 Å². The van der Waals surface area contributed by atoms with Gasteiger partial charge in [0.2, 0.25) is 0 Å². The molecule has 13 heteroatoms. The Morgan fingerprint density at radius 2 is 1.75 bits per heavy atom. The van der Waals surface area contributed by atoms with Crippen LogP contribution in [0.2, 0.25) is 0 Å². The lowest BCUT2D eigenvalue weighted by atomic mass is 10.2. The first-order chi connectivity index (χ1) is 14.9. The highest BCUT2D eigenvalue weighted by atomic mass is 32.2. The molecule has 1 amide bonds. The normalized spacial score (nSPS) is 14.0. The number of rotatable bonds is 5. The lowest BCUT2D eigenvalue weighted by Crippen LogP contribution is -2.37. The number of alkyl halides is 3. The molecule has 0 aliphatic carbocycles. The number of nitrogens with zero attached hydrogens (tertiary/aromatic N) is 3. The van der Waals surface area contributed by atoms with Crippen LogP contribution in [0.15, 0.2) is 53.4 Å². The fourth-order valence-corrected chi connectivity index (χ4v) is 4.20. The molecule has 0 spiro atoms. The molecule has 170 valence electrons. The number of carboxylic acid groups (broad SMARTS) is 1. The number of carbonyl (C=O) groups excluding carboxylic acids is 1. The van der Waals surface area contributed by atoms with Crippen LogP contribution in [-0.4, -0.2) is 56.1 Å². The van der Waals surface area contributed by atoms with Crippen molar-refractivity contribution in [2.45, 2.75) is 11.1 Å². The van der Waals surface area contributed by atoms with Gasteiger partial charge in [0.1, 0.15) is 10.6 Å². The Morgan fingerprint density at radius 1 is 1.19 bits per heavy atom. The minimum atomic E-state index is -5.08. The topological polar surface area (TPSA) is 128 Å². The van der Waals surface area contributed by atoms with E-state index in [1.165, 1.54) is 17.0 Å². The first-order valence-electron chi connectivity index (χ1n) is 8.71. The number of amides is 1. The zero-order valence-corrected chi connectivity index (χ0v) is 17.2. The number of hydrogen-bond acceptors (Lipinski definition) is 7. The molecular weight excluding hydrogens is 455 g/mol. The largest absolute Gasteiger partial charge is 0.497 e. The van der Waals surface area contributed by atoms with Crippen LogP contribution in [0.25, 0.3) is 0 Å². The number of carbonyl (C=O) groups is 2. The Hall–Kier alpha value is -3.79. The van der Waals surface area contributed by atoms with Crippen molar-refractivity contribution in [3.05, 3.63) is 54.1 Å². The summed E-state index contributed by atoms with van der Waals surface area (Å²) < 4.78 is 62.6. The number of benzene rings is 2. The minimum Gasteiger partial charge on any atom is -0.497 e. The van der Waals surface area contributed by atoms with Gasteiger partial charge < -0.3 is 9.84 Å². The average molecular weight is 471 g/mol. The third-order valence-electron chi connectivity index (χ3n) is 4.19. The molecule has 0 bridgehead atoms. The highest BCUT2D eigenvalue weighted by molar-refractivity contribution is 7.90. The molecule has 0 aromatic heterocycles. The van der Waals surface area contributed by atoms with Gasteiger partial charge in [0, 0.05) is 0 Å². The fraction of sp³-hybridized carbons (Fsp3) is 0.211. The van der Waals surface area contributed by atoms with E-state index in [1.54, 1.807) is 43.5 Å². The molecule has 1 aliphatic heterocycles. The Bertz CT molecular complexity index is 1140. The maximum absolute atomic E-state index is 12.5. The third-order valence-corrected chi connectivity index (χ3v) is 6.03. The number of fused-ring (bicyclic) bond motifs is 1. The van der Waals surface area contributed by atoms with Crippen molar-refractivity contribution in [2.75, 3.05) is 25.1 Å². The summed E-state index contributed by atoms with van der Waals surface area (Å²) in [6.45, 7) is -0.0583. The number of methoxy groups -OCH3 is 1. The number of aliphatic carboxylic acids is 1. The van der Waals surface area contributed by atoms with Gasteiger partial charge in [0.05, 0.1) is 31.5 Å². The summed E-state index contributed by atoms with van der Waals surface area (Å²) in [4.78, 5) is 22.6. The van der Waals surface area contributed by atoms with Gasteiger partial charge in [-0.05, 0) is 36.4 Å². The number of ether oxygens (including phenoxy) is 1. The number of hydrogen-bond donors (Lipinski definition) is 1. The van der Waals surface area contributed by atoms with Gasteiger partial charge in [0.15, 0.2) is 6.19 Å². The van der Waals surface area contributed by atoms with Crippen LogP contribution in [0.4, 0.5) is 18.9 Å². The predicted molar refractivity (Wildman–Crippen MR) is 104 cm³/mol. The van der Waals surface area contributed by atoms with E-state index in [9.17, 15) is 31.6 Å². The second-order valence-electron chi connectivity index (χ2n) is 6.13. The number of halogens is 3. The van der Waals surface area contributed by atoms with Gasteiger partial charge in [-0.25, -0.2) is 17.5 Å². The SMILES string of the molecule is COc1ccc(N(C#N)CCN2C(=O)c3ccccc3S2(=O)=O)cc1.O=C(O)C(F)(F)F. The van der Waals surface area contributed by atoms with E-state index >= 15 is 0 Å². The van der Waals surface area contributed by atoms with E-state index in [0.29, 0.717) is 11.4 Å². The van der Waals surface area contributed by atoms with Crippen molar-refractivity contribution < 1.29 is 41.0 Å². The highest BCUT2D eigenvalue weighted by Crippen LogP contribution is 2.30. The van der Waals surface area contributed by atoms with Crippen molar-refractivity contribution in [3.8, 4) is 11.9 Å². The van der Waals surface area contributed by atoms with Gasteiger partial charge in [0.25, 0.3) is 15.9 Å². The number of anilines is 1. The average Bonchev–Trinajstić information content (AvgIpc) is 2.95. The zero-order valence-electron chi connectivity index (χ0n) is 16.4. The van der Waals surface area contributed by atoms with Crippen LogP contribution in [0.3, 0.4) is 0 Å². The molecule has 0 fully saturated rings. The van der Waals surface area contributed by atoms with Crippen LogP contribution in [-0.2, 0) is 14.8 Å². The van der Waals surface area contributed by atoms with Crippen LogP contribution in [0, 0.1) is 11.5 Å². The second kappa shape index (κ2) is 9.56. The summed E-state index contributed by atoms with van der Waals surface area (Å²) in [6.07, 6.45) is -3.08. The van der Waals surface area contributed by atoms with Gasteiger partial charge in [-0.1, -0.05) is 12.1 Å². The maximum atomic E-state index is 12.5. The van der Waals surface area contributed by atoms with E-state index in [1.807, 2.05) is 6.19 Å². The Morgan fingerprint density at radius 3 is 2.22 bits per heavy atom. The van der Waals surface area contributed by atoms with Crippen molar-refractivity contribution in [2.24, 2.45) is 0 Å². The molecule has 0 radical (unpaired) electrons. The van der Waals surface area contributed by atoms with Gasteiger partial charge in [-0.3, -0.25) is 9.69 Å². The predicted octanol–water partition coefficient (Wildman–Crippen LogP) is 2.46. The molecule has 32 heavy (non-hydrogen) atoms. The van der Waals surface area contributed by atoms with Crippen molar-refractivity contribution >= 4 is 27.6 Å². The molecule has 3 rings (SSSR count). The molecule has 0 saturated heterocycles. The number of nitriles is 1. The molecule has 1 aliphatic rings. The minimum absolute atomic E-state index is 0.00737. The van der Waals surface area contributed by atoms with Crippen LogP contribution >= 0.6 is 0 Å². The first-order valence-corrected chi connectivity index (χ1v) is 10.1. The lowest BCUT2D eigenvalue weighted by molar-refractivity contribution is -0.192. The molecule has 0 atom stereocenters. The quantitative estimate of drug-likeness (QED) is 0.520. The molecule has 1 N–H and O–H groups in total. The van der Waals surface area contributed by atoms with Gasteiger partial charge in [-0.2, -0.15) is 18.4 Å². The zero-order chi connectivity index (χ0) is 24.1. The highest BCUT2D eigenvalue weighted by Gasteiger charge is 2.40. The van der Waals surface area contributed by atoms with Crippen molar-refractivity contribution in [1.29, 1.82) is 5.26 Å². The number of sulfonamides is 1. The Balaban J connectivity index is 0.000000451. The molecule has 0 unspecified atom stereocenters. The van der Waals surface area contributed by atoms with Crippen LogP contribution < -0.4 is 9.64 Å². The molecule has 1 heterocycles. The van der Waals surface area contributed by atoms with E-state index in [4.69, 9.17) is 14.6 Å². The monoisotopic (exact) mass is 471 g/mol. The van der Waals surface area contributed by atoms with Crippen molar-refractivity contribution in [3.63, 3.8) is 0 Å². The second-order valence-corrected chi connectivity index (χ2v) is 7.96. The van der Waals surface area contributed by atoms with E-state index in [2.05, 4.69) is 0 Å². The first kappa shape index (κ1) is 24.5. The van der Waals surface area contributed by atoms with E-state index in [0.717, 1.165) is 4.31 Å². The fourth-order valence-electron chi connectivity index (χ4n) is 2.64.